The molecule has 0 spiro atoms. The normalized spacial score (nSPS) is 13.8. The molecule has 0 fully saturated rings. The van der Waals surface area contributed by atoms with E-state index < -0.39 is 8.60 Å². The van der Waals surface area contributed by atoms with E-state index >= 15 is 0 Å². The standard InChI is InChI=1S/C51H81O3P/c1-4-7-10-13-16-19-22-34-43-49(46-37-28-25-29-38-46)52-55(53-50(47-39-30-26-31-40-47)44-35-23-20-17-14-11-8-5-2)54-51(48-41-32-27-33-42-48)45-36-24-21-18-15-12-9-6-3/h25-33,37-42,49-51H,4-24,34-36,43-45H2,1-3H3. The minimum Gasteiger partial charge on any atom is -0.304 e. The SMILES string of the molecule is CCCCCCCCCCC(OP(OC(CCCCCCCCCC)c1ccccc1)OC(CCCCCCCCCC)c1ccccc1)c1ccccc1. The largest absolute Gasteiger partial charge is 0.334 e. The zero-order valence-corrected chi connectivity index (χ0v) is 36.6. The van der Waals surface area contributed by atoms with Crippen molar-refractivity contribution in [3.05, 3.63) is 108 Å². The highest BCUT2D eigenvalue weighted by Crippen LogP contribution is 2.54. The summed E-state index contributed by atoms with van der Waals surface area (Å²) >= 11 is 0. The lowest BCUT2D eigenvalue weighted by molar-refractivity contribution is 0.0545. The molecule has 55 heavy (non-hydrogen) atoms. The van der Waals surface area contributed by atoms with Gasteiger partial charge in [0.05, 0.1) is 18.3 Å². The molecule has 0 aliphatic rings. The second-order valence-electron chi connectivity index (χ2n) is 16.0. The average Bonchev–Trinajstić information content (AvgIpc) is 3.23. The summed E-state index contributed by atoms with van der Waals surface area (Å²) in [5.74, 6) is 0. The van der Waals surface area contributed by atoms with Crippen LogP contribution in [-0.4, -0.2) is 0 Å². The Morgan fingerprint density at radius 2 is 0.527 bits per heavy atom. The van der Waals surface area contributed by atoms with Crippen LogP contribution in [0.3, 0.4) is 0 Å². The zero-order chi connectivity index (χ0) is 38.9. The molecule has 4 heteroatoms. The highest BCUT2D eigenvalue weighted by atomic mass is 31.2. The average molecular weight is 773 g/mol. The van der Waals surface area contributed by atoms with E-state index in [4.69, 9.17) is 13.6 Å². The summed E-state index contributed by atoms with van der Waals surface area (Å²) in [5.41, 5.74) is 3.68. The molecule has 0 saturated carbocycles. The number of hydrogen-bond acceptors (Lipinski definition) is 3. The topological polar surface area (TPSA) is 27.7 Å². The van der Waals surface area contributed by atoms with Gasteiger partial charge in [0.15, 0.2) is 0 Å². The molecule has 0 aliphatic heterocycles. The van der Waals surface area contributed by atoms with Crippen molar-refractivity contribution in [2.75, 3.05) is 0 Å². The summed E-state index contributed by atoms with van der Waals surface area (Å²) in [6.45, 7) is 6.88. The van der Waals surface area contributed by atoms with Gasteiger partial charge in [-0.2, -0.15) is 0 Å². The summed E-state index contributed by atoms with van der Waals surface area (Å²) < 4.78 is 21.6. The lowest BCUT2D eigenvalue weighted by Crippen LogP contribution is -2.11. The molecule has 0 radical (unpaired) electrons. The molecule has 0 aromatic heterocycles. The molecular formula is C51H81O3P. The van der Waals surface area contributed by atoms with Crippen LogP contribution in [0.15, 0.2) is 91.0 Å². The first-order valence-electron chi connectivity index (χ1n) is 23.2. The molecule has 0 aliphatic carbocycles. The number of benzene rings is 3. The molecule has 0 heterocycles. The molecule has 3 atom stereocenters. The van der Waals surface area contributed by atoms with Crippen molar-refractivity contribution in [1.29, 1.82) is 0 Å². The maximum absolute atomic E-state index is 7.19. The molecule has 0 bridgehead atoms. The molecule has 308 valence electrons. The third-order valence-electron chi connectivity index (χ3n) is 11.1. The first-order chi connectivity index (χ1) is 27.2. The van der Waals surface area contributed by atoms with Crippen molar-refractivity contribution in [3.63, 3.8) is 0 Å². The summed E-state index contributed by atoms with van der Waals surface area (Å²) in [6.07, 6.45) is 34.0. The maximum Gasteiger partial charge on any atom is 0.334 e. The van der Waals surface area contributed by atoms with Crippen LogP contribution in [0.1, 0.15) is 229 Å². The predicted molar refractivity (Wildman–Crippen MR) is 239 cm³/mol. The fourth-order valence-corrected chi connectivity index (χ4v) is 9.07. The fourth-order valence-electron chi connectivity index (χ4n) is 7.62. The highest BCUT2D eigenvalue weighted by Gasteiger charge is 2.29. The van der Waals surface area contributed by atoms with Gasteiger partial charge in [0.1, 0.15) is 0 Å². The Morgan fingerprint density at radius 3 is 0.764 bits per heavy atom. The van der Waals surface area contributed by atoms with Gasteiger partial charge < -0.3 is 13.6 Å². The van der Waals surface area contributed by atoms with Crippen LogP contribution in [0, 0.1) is 0 Å². The Morgan fingerprint density at radius 1 is 0.309 bits per heavy atom. The molecule has 0 amide bonds. The number of unbranched alkanes of at least 4 members (excludes halogenated alkanes) is 21. The van der Waals surface area contributed by atoms with Gasteiger partial charge in [-0.3, -0.25) is 0 Å². The Hall–Kier alpha value is -2.03. The Kier molecular flexibility index (Phi) is 28.4. The number of rotatable bonds is 36. The maximum atomic E-state index is 7.19. The van der Waals surface area contributed by atoms with Crippen LogP contribution in [0.2, 0.25) is 0 Å². The van der Waals surface area contributed by atoms with Gasteiger partial charge in [-0.05, 0) is 36.0 Å². The molecule has 3 aromatic carbocycles. The Bertz CT molecular complexity index is 1080. The van der Waals surface area contributed by atoms with Crippen molar-refractivity contribution < 1.29 is 13.6 Å². The van der Waals surface area contributed by atoms with Crippen molar-refractivity contribution in [3.8, 4) is 0 Å². The Labute approximate surface area is 341 Å². The molecule has 3 aromatic rings. The zero-order valence-electron chi connectivity index (χ0n) is 35.7. The van der Waals surface area contributed by atoms with Crippen molar-refractivity contribution in [2.45, 2.75) is 212 Å². The minimum absolute atomic E-state index is 0.0634. The first kappa shape index (κ1) is 47.3. The summed E-state index contributed by atoms with van der Waals surface area (Å²) in [4.78, 5) is 0. The van der Waals surface area contributed by atoms with E-state index in [0.717, 1.165) is 38.5 Å². The van der Waals surface area contributed by atoms with E-state index in [1.807, 2.05) is 0 Å². The van der Waals surface area contributed by atoms with Gasteiger partial charge in [0.2, 0.25) is 0 Å². The lowest BCUT2D eigenvalue weighted by Gasteiger charge is -2.30. The molecular weight excluding hydrogens is 692 g/mol. The van der Waals surface area contributed by atoms with E-state index in [1.165, 1.54) is 152 Å². The molecule has 3 nitrogen and oxygen atoms in total. The van der Waals surface area contributed by atoms with Crippen LogP contribution < -0.4 is 0 Å². The van der Waals surface area contributed by atoms with Crippen LogP contribution in [0.25, 0.3) is 0 Å². The summed E-state index contributed by atoms with van der Waals surface area (Å²) in [5, 5.41) is 0. The van der Waals surface area contributed by atoms with E-state index in [-0.39, 0.29) is 18.3 Å². The van der Waals surface area contributed by atoms with Crippen molar-refractivity contribution >= 4 is 8.60 Å². The Balaban J connectivity index is 1.79. The summed E-state index contributed by atoms with van der Waals surface area (Å²) in [7, 11) is -1.65. The van der Waals surface area contributed by atoms with Gasteiger partial charge in [0, 0.05) is 0 Å². The van der Waals surface area contributed by atoms with Crippen LogP contribution in [0.4, 0.5) is 0 Å². The number of hydrogen-bond donors (Lipinski definition) is 0. The van der Waals surface area contributed by atoms with Gasteiger partial charge in [-0.15, -0.1) is 0 Å². The van der Waals surface area contributed by atoms with E-state index in [0.29, 0.717) is 0 Å². The van der Waals surface area contributed by atoms with Crippen molar-refractivity contribution in [2.24, 2.45) is 0 Å². The van der Waals surface area contributed by atoms with E-state index in [2.05, 4.69) is 112 Å². The first-order valence-corrected chi connectivity index (χ1v) is 24.3. The van der Waals surface area contributed by atoms with Crippen LogP contribution >= 0.6 is 8.60 Å². The lowest BCUT2D eigenvalue weighted by atomic mass is 10.0. The van der Waals surface area contributed by atoms with Gasteiger partial charge >= 0.3 is 8.60 Å². The van der Waals surface area contributed by atoms with Crippen molar-refractivity contribution in [1.82, 2.24) is 0 Å². The third-order valence-corrected chi connectivity index (χ3v) is 12.4. The van der Waals surface area contributed by atoms with Gasteiger partial charge in [0.25, 0.3) is 0 Å². The van der Waals surface area contributed by atoms with Gasteiger partial charge in [-0.1, -0.05) is 266 Å². The second kappa shape index (κ2) is 33.0. The molecule has 3 unspecified atom stereocenters. The van der Waals surface area contributed by atoms with E-state index in [9.17, 15) is 0 Å². The van der Waals surface area contributed by atoms with Gasteiger partial charge in [-0.25, -0.2) is 0 Å². The van der Waals surface area contributed by atoms with E-state index in [1.54, 1.807) is 0 Å². The monoisotopic (exact) mass is 773 g/mol. The smallest absolute Gasteiger partial charge is 0.304 e. The molecule has 0 saturated heterocycles. The minimum atomic E-state index is -1.65. The summed E-state index contributed by atoms with van der Waals surface area (Å²) in [6, 6.07) is 32.6. The van der Waals surface area contributed by atoms with Crippen LogP contribution in [0.5, 0.6) is 0 Å². The molecule has 0 N–H and O–H groups in total. The second-order valence-corrected chi connectivity index (χ2v) is 17.1. The fraction of sp³-hybridized carbons (Fsp3) is 0.647. The molecule has 3 rings (SSSR count). The predicted octanol–water partition coefficient (Wildman–Crippen LogP) is 18.1. The third kappa shape index (κ3) is 22.5. The quantitative estimate of drug-likeness (QED) is 0.0435. The van der Waals surface area contributed by atoms with Crippen LogP contribution in [-0.2, 0) is 13.6 Å². The highest BCUT2D eigenvalue weighted by molar-refractivity contribution is 7.41.